The molecule has 0 bridgehead atoms. The van der Waals surface area contributed by atoms with Crippen LogP contribution in [-0.4, -0.2) is 11.7 Å². The standard InChI is InChI=1S/C17H21NOS/c1-12-3-4-13-5-6-16(15(13)9-12)18-11-17(2,19)14-7-8-20-10-14/h3-4,7-10,16,18-19H,5-6,11H2,1-2H3. The molecule has 0 radical (unpaired) electrons. The maximum Gasteiger partial charge on any atom is 0.100 e. The van der Waals surface area contributed by atoms with E-state index < -0.39 is 5.60 Å². The van der Waals surface area contributed by atoms with E-state index in [1.807, 2.05) is 23.8 Å². The molecule has 1 heterocycles. The van der Waals surface area contributed by atoms with Gasteiger partial charge in [0.15, 0.2) is 0 Å². The Kier molecular flexibility index (Phi) is 3.67. The zero-order chi connectivity index (χ0) is 14.2. The van der Waals surface area contributed by atoms with Crippen LogP contribution in [0.2, 0.25) is 0 Å². The minimum atomic E-state index is -0.799. The molecule has 0 aliphatic heterocycles. The van der Waals surface area contributed by atoms with E-state index in [1.54, 1.807) is 11.3 Å². The zero-order valence-electron chi connectivity index (χ0n) is 12.0. The van der Waals surface area contributed by atoms with E-state index >= 15 is 0 Å². The summed E-state index contributed by atoms with van der Waals surface area (Å²) in [7, 11) is 0. The van der Waals surface area contributed by atoms with Crippen molar-refractivity contribution < 1.29 is 5.11 Å². The summed E-state index contributed by atoms with van der Waals surface area (Å²) in [5, 5.41) is 18.2. The highest BCUT2D eigenvalue weighted by Gasteiger charge is 2.27. The van der Waals surface area contributed by atoms with Gasteiger partial charge >= 0.3 is 0 Å². The second kappa shape index (κ2) is 5.32. The summed E-state index contributed by atoms with van der Waals surface area (Å²) in [6.45, 7) is 4.60. The molecule has 2 N–H and O–H groups in total. The van der Waals surface area contributed by atoms with Gasteiger partial charge in [0.2, 0.25) is 0 Å². The number of rotatable bonds is 4. The van der Waals surface area contributed by atoms with Gasteiger partial charge in [0.1, 0.15) is 5.60 Å². The average Bonchev–Trinajstić information content (AvgIpc) is 3.06. The van der Waals surface area contributed by atoms with Crippen molar-refractivity contribution in [1.29, 1.82) is 0 Å². The predicted molar refractivity (Wildman–Crippen MR) is 84.1 cm³/mol. The predicted octanol–water partition coefficient (Wildman–Crippen LogP) is 3.54. The first-order valence-electron chi connectivity index (χ1n) is 7.14. The first kappa shape index (κ1) is 13.8. The Balaban J connectivity index is 1.70. The summed E-state index contributed by atoms with van der Waals surface area (Å²) in [4.78, 5) is 0. The molecule has 3 rings (SSSR count). The van der Waals surface area contributed by atoms with E-state index in [0.717, 1.165) is 18.4 Å². The highest BCUT2D eigenvalue weighted by Crippen LogP contribution is 2.32. The number of hydrogen-bond donors (Lipinski definition) is 2. The van der Waals surface area contributed by atoms with Gasteiger partial charge in [0.05, 0.1) is 0 Å². The third-order valence-corrected chi connectivity index (χ3v) is 4.90. The van der Waals surface area contributed by atoms with E-state index in [1.165, 1.54) is 16.7 Å². The Hall–Kier alpha value is -1.16. The molecule has 1 aliphatic carbocycles. The minimum Gasteiger partial charge on any atom is -0.384 e. The highest BCUT2D eigenvalue weighted by molar-refractivity contribution is 7.08. The molecule has 106 valence electrons. The number of fused-ring (bicyclic) bond motifs is 1. The molecule has 1 aliphatic rings. The van der Waals surface area contributed by atoms with Crippen molar-refractivity contribution in [2.75, 3.05) is 6.54 Å². The van der Waals surface area contributed by atoms with Crippen molar-refractivity contribution in [3.8, 4) is 0 Å². The van der Waals surface area contributed by atoms with E-state index in [2.05, 4.69) is 30.4 Å². The van der Waals surface area contributed by atoms with Crippen molar-refractivity contribution in [3.63, 3.8) is 0 Å². The molecule has 3 heteroatoms. The van der Waals surface area contributed by atoms with Crippen LogP contribution in [0.1, 0.15) is 41.6 Å². The average molecular weight is 287 g/mol. The molecular weight excluding hydrogens is 266 g/mol. The molecule has 2 unspecified atom stereocenters. The van der Waals surface area contributed by atoms with Gasteiger partial charge in [-0.25, -0.2) is 0 Å². The van der Waals surface area contributed by atoms with Crippen molar-refractivity contribution in [1.82, 2.24) is 5.32 Å². The largest absolute Gasteiger partial charge is 0.384 e. The lowest BCUT2D eigenvalue weighted by molar-refractivity contribution is 0.0542. The van der Waals surface area contributed by atoms with Crippen LogP contribution in [0.4, 0.5) is 0 Å². The molecule has 0 amide bonds. The summed E-state index contributed by atoms with van der Waals surface area (Å²) < 4.78 is 0. The minimum absolute atomic E-state index is 0.370. The summed E-state index contributed by atoms with van der Waals surface area (Å²) in [6, 6.07) is 9.07. The molecule has 20 heavy (non-hydrogen) atoms. The zero-order valence-corrected chi connectivity index (χ0v) is 12.8. The highest BCUT2D eigenvalue weighted by atomic mass is 32.1. The van der Waals surface area contributed by atoms with Gasteiger partial charge in [-0.05, 0) is 60.2 Å². The Morgan fingerprint density at radius 1 is 1.40 bits per heavy atom. The molecule has 0 saturated carbocycles. The fraction of sp³-hybridized carbons (Fsp3) is 0.412. The van der Waals surface area contributed by atoms with Crippen molar-refractivity contribution in [2.45, 2.75) is 38.3 Å². The van der Waals surface area contributed by atoms with Gasteiger partial charge in [-0.1, -0.05) is 23.8 Å². The Labute approximate surface area is 124 Å². The Morgan fingerprint density at radius 3 is 3.00 bits per heavy atom. The van der Waals surface area contributed by atoms with Gasteiger partial charge in [0.25, 0.3) is 0 Å². The van der Waals surface area contributed by atoms with Crippen molar-refractivity contribution in [2.24, 2.45) is 0 Å². The summed E-state index contributed by atoms with van der Waals surface area (Å²) in [5.74, 6) is 0. The van der Waals surface area contributed by atoms with Gasteiger partial charge in [-0.15, -0.1) is 0 Å². The van der Waals surface area contributed by atoms with Crippen LogP contribution < -0.4 is 5.32 Å². The fourth-order valence-electron chi connectivity index (χ4n) is 2.93. The van der Waals surface area contributed by atoms with Crippen LogP contribution in [-0.2, 0) is 12.0 Å². The first-order chi connectivity index (χ1) is 9.56. The SMILES string of the molecule is Cc1ccc2c(c1)C(NCC(C)(O)c1ccsc1)CC2. The van der Waals surface area contributed by atoms with Gasteiger partial charge in [-0.3, -0.25) is 0 Å². The topological polar surface area (TPSA) is 32.3 Å². The number of nitrogens with one attached hydrogen (secondary N) is 1. The van der Waals surface area contributed by atoms with Crippen LogP contribution in [0.5, 0.6) is 0 Å². The molecular formula is C17H21NOS. The van der Waals surface area contributed by atoms with Gasteiger partial charge in [0, 0.05) is 12.6 Å². The lowest BCUT2D eigenvalue weighted by atomic mass is 9.98. The monoisotopic (exact) mass is 287 g/mol. The van der Waals surface area contributed by atoms with E-state index in [0.29, 0.717) is 12.6 Å². The Bertz CT molecular complexity index is 589. The first-order valence-corrected chi connectivity index (χ1v) is 8.08. The van der Waals surface area contributed by atoms with E-state index in [-0.39, 0.29) is 0 Å². The van der Waals surface area contributed by atoms with Gasteiger partial charge in [-0.2, -0.15) is 11.3 Å². The maximum atomic E-state index is 10.6. The molecule has 1 aromatic heterocycles. The second-order valence-corrected chi connectivity index (χ2v) is 6.74. The van der Waals surface area contributed by atoms with Gasteiger partial charge < -0.3 is 10.4 Å². The smallest absolute Gasteiger partial charge is 0.100 e. The lowest BCUT2D eigenvalue weighted by Gasteiger charge is -2.25. The van der Waals surface area contributed by atoms with Crippen LogP contribution in [0, 0.1) is 6.92 Å². The molecule has 2 nitrogen and oxygen atoms in total. The maximum absolute atomic E-state index is 10.6. The van der Waals surface area contributed by atoms with Crippen LogP contribution in [0.3, 0.4) is 0 Å². The molecule has 2 aromatic rings. The molecule has 0 fully saturated rings. The third kappa shape index (κ3) is 2.66. The van der Waals surface area contributed by atoms with E-state index in [9.17, 15) is 5.11 Å². The number of hydrogen-bond acceptors (Lipinski definition) is 3. The second-order valence-electron chi connectivity index (χ2n) is 5.96. The normalized spacial score (nSPS) is 20.6. The van der Waals surface area contributed by atoms with Crippen LogP contribution in [0.15, 0.2) is 35.0 Å². The molecule has 0 spiro atoms. The summed E-state index contributed by atoms with van der Waals surface area (Å²) in [5.41, 5.74) is 4.36. The number of benzene rings is 1. The number of aliphatic hydroxyl groups is 1. The fourth-order valence-corrected chi connectivity index (χ4v) is 3.71. The summed E-state index contributed by atoms with van der Waals surface area (Å²) in [6.07, 6.45) is 2.26. The molecule has 0 saturated heterocycles. The van der Waals surface area contributed by atoms with Crippen molar-refractivity contribution >= 4 is 11.3 Å². The third-order valence-electron chi connectivity index (χ3n) is 4.21. The van der Waals surface area contributed by atoms with Crippen LogP contribution in [0.25, 0.3) is 0 Å². The summed E-state index contributed by atoms with van der Waals surface area (Å²) >= 11 is 1.63. The quantitative estimate of drug-likeness (QED) is 0.901. The molecule has 2 atom stereocenters. The van der Waals surface area contributed by atoms with Crippen LogP contribution >= 0.6 is 11.3 Å². The molecule has 1 aromatic carbocycles. The van der Waals surface area contributed by atoms with E-state index in [4.69, 9.17) is 0 Å². The number of thiophene rings is 1. The lowest BCUT2D eigenvalue weighted by Crippen LogP contribution is -2.36. The van der Waals surface area contributed by atoms with Crippen molar-refractivity contribution in [3.05, 3.63) is 57.3 Å². The Morgan fingerprint density at radius 2 is 2.25 bits per heavy atom. The number of aryl methyl sites for hydroxylation is 2.